The van der Waals surface area contributed by atoms with E-state index in [9.17, 15) is 9.59 Å². The summed E-state index contributed by atoms with van der Waals surface area (Å²) in [6.45, 7) is 0. The van der Waals surface area contributed by atoms with Crippen LogP contribution in [0.3, 0.4) is 0 Å². The molecule has 0 amide bonds. The first-order valence-electron chi connectivity index (χ1n) is 10.4. The van der Waals surface area contributed by atoms with E-state index in [4.69, 9.17) is 10.2 Å². The molecule has 1 aromatic carbocycles. The van der Waals surface area contributed by atoms with Crippen LogP contribution in [0.25, 0.3) is 39.1 Å². The zero-order valence-electron chi connectivity index (χ0n) is 17.0. The van der Waals surface area contributed by atoms with Crippen molar-refractivity contribution < 1.29 is 4.42 Å². The topological polar surface area (TPSA) is 119 Å². The van der Waals surface area contributed by atoms with E-state index in [-0.39, 0.29) is 22.2 Å². The number of pyridine rings is 2. The molecule has 8 nitrogen and oxygen atoms in total. The molecule has 0 unspecified atom stereocenters. The van der Waals surface area contributed by atoms with Crippen LogP contribution in [0.4, 0.5) is 0 Å². The second kappa shape index (κ2) is 6.73. The molecule has 3 N–H and O–H groups in total. The Labute approximate surface area is 181 Å². The van der Waals surface area contributed by atoms with Crippen LogP contribution in [-0.4, -0.2) is 19.6 Å². The van der Waals surface area contributed by atoms with E-state index in [0.717, 1.165) is 30.5 Å². The number of benzene rings is 1. The standard InChI is InChI=1S/C24H19N5O3/c25-24(10-4-11-24)17-8-7-15(13-26-17)18-19(30)16-9-12-29-22(27-28-23(29)31)21(16)32-20(18)14-5-2-1-3-6-14/h1-3,5-9,12-13H,4,10-11,25H2,(H,28,31). The Morgan fingerprint density at radius 2 is 1.84 bits per heavy atom. The van der Waals surface area contributed by atoms with Crippen LogP contribution in [-0.2, 0) is 5.54 Å². The number of rotatable bonds is 3. The highest BCUT2D eigenvalue weighted by Gasteiger charge is 2.35. The van der Waals surface area contributed by atoms with Gasteiger partial charge in [-0.3, -0.25) is 9.78 Å². The highest BCUT2D eigenvalue weighted by molar-refractivity contribution is 5.94. The lowest BCUT2D eigenvalue weighted by Gasteiger charge is -2.37. The van der Waals surface area contributed by atoms with E-state index >= 15 is 0 Å². The Bertz CT molecular complexity index is 1590. The number of nitrogens with two attached hydrogens (primary N) is 1. The van der Waals surface area contributed by atoms with Crippen molar-refractivity contribution in [3.8, 4) is 22.5 Å². The lowest BCUT2D eigenvalue weighted by Crippen LogP contribution is -2.43. The molecule has 158 valence electrons. The van der Waals surface area contributed by atoms with Gasteiger partial charge in [-0.1, -0.05) is 36.4 Å². The van der Waals surface area contributed by atoms with Crippen molar-refractivity contribution in [3.63, 3.8) is 0 Å². The molecule has 1 saturated carbocycles. The van der Waals surface area contributed by atoms with Crippen LogP contribution in [0.5, 0.6) is 0 Å². The van der Waals surface area contributed by atoms with Crippen LogP contribution in [0.2, 0.25) is 0 Å². The second-order valence-corrected chi connectivity index (χ2v) is 8.22. The fourth-order valence-corrected chi connectivity index (χ4v) is 4.32. The number of nitrogens with zero attached hydrogens (tertiary/aromatic N) is 3. The van der Waals surface area contributed by atoms with E-state index in [2.05, 4.69) is 15.2 Å². The number of nitrogens with one attached hydrogen (secondary N) is 1. The first kappa shape index (κ1) is 18.7. The van der Waals surface area contributed by atoms with Crippen LogP contribution in [0.15, 0.2) is 74.9 Å². The maximum absolute atomic E-state index is 13.7. The monoisotopic (exact) mass is 425 g/mol. The molecular weight excluding hydrogens is 406 g/mol. The summed E-state index contributed by atoms with van der Waals surface area (Å²) in [4.78, 5) is 30.3. The molecule has 0 spiro atoms. The van der Waals surface area contributed by atoms with Gasteiger partial charge in [-0.15, -0.1) is 5.10 Å². The molecule has 32 heavy (non-hydrogen) atoms. The maximum Gasteiger partial charge on any atom is 0.347 e. The third-order valence-corrected chi connectivity index (χ3v) is 6.29. The summed E-state index contributed by atoms with van der Waals surface area (Å²) in [5.41, 5.74) is 8.54. The van der Waals surface area contributed by atoms with E-state index in [1.54, 1.807) is 12.3 Å². The average molecular weight is 425 g/mol. The Morgan fingerprint density at radius 1 is 1.03 bits per heavy atom. The molecule has 0 saturated heterocycles. The smallest absolute Gasteiger partial charge is 0.347 e. The Kier molecular flexibility index (Phi) is 3.93. The highest BCUT2D eigenvalue weighted by atomic mass is 16.3. The molecule has 6 rings (SSSR count). The van der Waals surface area contributed by atoms with E-state index in [0.29, 0.717) is 22.3 Å². The molecule has 0 bridgehead atoms. The average Bonchev–Trinajstić information content (AvgIpc) is 3.19. The van der Waals surface area contributed by atoms with Gasteiger partial charge in [-0.25, -0.2) is 14.3 Å². The van der Waals surface area contributed by atoms with Crippen molar-refractivity contribution in [2.75, 3.05) is 0 Å². The van der Waals surface area contributed by atoms with Crippen molar-refractivity contribution in [2.45, 2.75) is 24.8 Å². The quantitative estimate of drug-likeness (QED) is 0.458. The molecule has 5 aromatic rings. The maximum atomic E-state index is 13.7. The number of hydrogen-bond acceptors (Lipinski definition) is 6. The summed E-state index contributed by atoms with van der Waals surface area (Å²) in [6, 6.07) is 14.7. The largest absolute Gasteiger partial charge is 0.451 e. The van der Waals surface area contributed by atoms with Crippen molar-refractivity contribution in [3.05, 3.63) is 87.3 Å². The first-order chi connectivity index (χ1) is 15.5. The minimum atomic E-state index is -0.401. The fourth-order valence-electron chi connectivity index (χ4n) is 4.32. The van der Waals surface area contributed by atoms with Gasteiger partial charge in [0.2, 0.25) is 11.1 Å². The summed E-state index contributed by atoms with van der Waals surface area (Å²) < 4.78 is 7.59. The summed E-state index contributed by atoms with van der Waals surface area (Å²) in [5, 5.41) is 6.78. The van der Waals surface area contributed by atoms with Crippen molar-refractivity contribution in [2.24, 2.45) is 5.73 Å². The van der Waals surface area contributed by atoms with E-state index < -0.39 is 5.69 Å². The van der Waals surface area contributed by atoms with Gasteiger partial charge in [0.15, 0.2) is 5.58 Å². The van der Waals surface area contributed by atoms with Gasteiger partial charge in [0.25, 0.3) is 0 Å². The number of hydrogen-bond donors (Lipinski definition) is 2. The molecule has 1 fully saturated rings. The molecule has 0 radical (unpaired) electrons. The normalized spacial score (nSPS) is 15.2. The predicted molar refractivity (Wildman–Crippen MR) is 120 cm³/mol. The molecule has 1 aliphatic carbocycles. The van der Waals surface area contributed by atoms with Crippen LogP contribution in [0, 0.1) is 0 Å². The minimum Gasteiger partial charge on any atom is -0.451 e. The highest BCUT2D eigenvalue weighted by Crippen LogP contribution is 2.39. The molecule has 4 aromatic heterocycles. The summed E-state index contributed by atoms with van der Waals surface area (Å²) in [6.07, 6.45) is 6.11. The van der Waals surface area contributed by atoms with Crippen molar-refractivity contribution >= 4 is 16.6 Å². The molecule has 1 aliphatic rings. The third-order valence-electron chi connectivity index (χ3n) is 6.29. The third kappa shape index (κ3) is 2.66. The van der Waals surface area contributed by atoms with Gasteiger partial charge >= 0.3 is 5.69 Å². The minimum absolute atomic E-state index is 0.219. The number of H-pyrrole nitrogens is 1. The van der Waals surface area contributed by atoms with Crippen molar-refractivity contribution in [1.82, 2.24) is 19.6 Å². The Morgan fingerprint density at radius 3 is 2.53 bits per heavy atom. The summed E-state index contributed by atoms with van der Waals surface area (Å²) in [5.74, 6) is 0.396. The van der Waals surface area contributed by atoms with E-state index in [1.165, 1.54) is 10.6 Å². The Hall–Kier alpha value is -4.04. The SMILES string of the molecule is NC1(c2ccc(-c3c(-c4ccccc4)oc4c(ccn5c(=O)[nH]nc45)c3=O)cn2)CCC1. The van der Waals surface area contributed by atoms with Gasteiger partial charge in [0.1, 0.15) is 5.76 Å². The van der Waals surface area contributed by atoms with Gasteiger partial charge < -0.3 is 10.2 Å². The second-order valence-electron chi connectivity index (χ2n) is 8.22. The molecule has 4 heterocycles. The van der Waals surface area contributed by atoms with Gasteiger partial charge in [-0.05, 0) is 31.4 Å². The zero-order chi connectivity index (χ0) is 21.9. The van der Waals surface area contributed by atoms with Gasteiger partial charge in [0.05, 0.1) is 22.2 Å². The molecule has 0 aliphatic heterocycles. The molecule has 0 atom stereocenters. The zero-order valence-corrected chi connectivity index (χ0v) is 17.0. The van der Waals surface area contributed by atoms with Crippen LogP contribution < -0.4 is 16.9 Å². The summed E-state index contributed by atoms with van der Waals surface area (Å²) >= 11 is 0. The number of aromatic nitrogens is 4. The van der Waals surface area contributed by atoms with E-state index in [1.807, 2.05) is 42.5 Å². The van der Waals surface area contributed by atoms with Gasteiger partial charge in [0, 0.05) is 23.5 Å². The fraction of sp³-hybridized carbons (Fsp3) is 0.167. The van der Waals surface area contributed by atoms with Crippen LogP contribution in [0.1, 0.15) is 25.0 Å². The number of aromatic amines is 1. The molecule has 8 heteroatoms. The lowest BCUT2D eigenvalue weighted by molar-refractivity contribution is 0.246. The van der Waals surface area contributed by atoms with Gasteiger partial charge in [-0.2, -0.15) is 0 Å². The summed E-state index contributed by atoms with van der Waals surface area (Å²) in [7, 11) is 0. The van der Waals surface area contributed by atoms with Crippen molar-refractivity contribution in [1.29, 1.82) is 0 Å². The number of fused-ring (bicyclic) bond motifs is 3. The van der Waals surface area contributed by atoms with Crippen LogP contribution >= 0.6 is 0 Å². The predicted octanol–water partition coefficient (Wildman–Crippen LogP) is 3.20. The first-order valence-corrected chi connectivity index (χ1v) is 10.4. The molecular formula is C24H19N5O3. The lowest BCUT2D eigenvalue weighted by atomic mass is 9.75. The Balaban J connectivity index is 1.64.